The van der Waals surface area contributed by atoms with E-state index in [4.69, 9.17) is 21.1 Å². The zero-order valence-electron chi connectivity index (χ0n) is 12.8. The van der Waals surface area contributed by atoms with Crippen molar-refractivity contribution in [3.8, 4) is 5.75 Å². The summed E-state index contributed by atoms with van der Waals surface area (Å²) in [6, 6.07) is 8.04. The van der Waals surface area contributed by atoms with E-state index in [-0.39, 0.29) is 0 Å². The largest absolute Gasteiger partial charge is 0.497 e. The number of halogens is 1. The summed E-state index contributed by atoms with van der Waals surface area (Å²) in [4.78, 5) is 6.94. The molecule has 1 aromatic heterocycles. The van der Waals surface area contributed by atoms with E-state index >= 15 is 0 Å². The molecule has 1 aliphatic heterocycles. The van der Waals surface area contributed by atoms with E-state index in [0.717, 1.165) is 67.9 Å². The minimum absolute atomic E-state index is 0.600. The predicted octanol–water partition coefficient (Wildman–Crippen LogP) is 3.16. The topological polar surface area (TPSA) is 34.6 Å². The zero-order chi connectivity index (χ0) is 15.4. The molecule has 118 valence electrons. The van der Waals surface area contributed by atoms with Crippen molar-refractivity contribution < 1.29 is 9.47 Å². The second-order valence-corrected chi connectivity index (χ2v) is 5.91. The van der Waals surface area contributed by atoms with E-state index in [1.165, 1.54) is 0 Å². The highest BCUT2D eigenvalue weighted by molar-refractivity contribution is 6.30. The van der Waals surface area contributed by atoms with Gasteiger partial charge in [-0.2, -0.15) is 0 Å². The fourth-order valence-electron chi connectivity index (χ4n) is 2.79. The number of hydrogen-bond acceptors (Lipinski definition) is 4. The minimum atomic E-state index is 0.600. The van der Waals surface area contributed by atoms with Gasteiger partial charge in [-0.1, -0.05) is 11.6 Å². The normalized spacial score (nSPS) is 16.1. The number of aromatic nitrogens is 1. The van der Waals surface area contributed by atoms with Crippen LogP contribution in [0.3, 0.4) is 0 Å². The van der Waals surface area contributed by atoms with Crippen molar-refractivity contribution in [3.63, 3.8) is 0 Å². The third-order valence-corrected chi connectivity index (χ3v) is 4.40. The van der Waals surface area contributed by atoms with Gasteiger partial charge in [0.2, 0.25) is 0 Å². The number of pyridine rings is 1. The standard InChI is InChI=1S/C17H21ClN2O2/c1-21-15-5-4-13-11-14(17(18)19-16(13)12-15)3-2-6-20-7-9-22-10-8-20/h4-5,11-12H,2-3,6-10H2,1H3. The van der Waals surface area contributed by atoms with E-state index in [0.29, 0.717) is 5.15 Å². The Balaban J connectivity index is 1.66. The van der Waals surface area contributed by atoms with Crippen molar-refractivity contribution in [2.45, 2.75) is 12.8 Å². The number of nitrogens with zero attached hydrogens (tertiary/aromatic N) is 2. The molecular formula is C17H21ClN2O2. The van der Waals surface area contributed by atoms with Crippen LogP contribution in [0.4, 0.5) is 0 Å². The zero-order valence-corrected chi connectivity index (χ0v) is 13.6. The molecule has 0 amide bonds. The average molecular weight is 321 g/mol. The predicted molar refractivity (Wildman–Crippen MR) is 88.9 cm³/mol. The van der Waals surface area contributed by atoms with E-state index in [2.05, 4.69) is 16.0 Å². The molecule has 0 saturated carbocycles. The van der Waals surface area contributed by atoms with E-state index < -0.39 is 0 Å². The van der Waals surface area contributed by atoms with Gasteiger partial charge in [0.15, 0.2) is 0 Å². The molecule has 22 heavy (non-hydrogen) atoms. The number of ether oxygens (including phenoxy) is 2. The number of morpholine rings is 1. The highest BCUT2D eigenvalue weighted by Crippen LogP contribution is 2.25. The molecule has 3 rings (SSSR count). The van der Waals surface area contributed by atoms with Crippen LogP contribution in [0.15, 0.2) is 24.3 Å². The Bertz CT molecular complexity index is 642. The first-order valence-corrected chi connectivity index (χ1v) is 8.07. The third-order valence-electron chi connectivity index (χ3n) is 4.08. The van der Waals surface area contributed by atoms with E-state index in [9.17, 15) is 0 Å². The van der Waals surface area contributed by atoms with Gasteiger partial charge in [-0.05, 0) is 43.1 Å². The van der Waals surface area contributed by atoms with Crippen LogP contribution in [0, 0.1) is 0 Å². The van der Waals surface area contributed by atoms with Crippen LogP contribution in [-0.4, -0.2) is 49.8 Å². The maximum absolute atomic E-state index is 6.33. The SMILES string of the molecule is COc1ccc2cc(CCCN3CCOCC3)c(Cl)nc2c1. The lowest BCUT2D eigenvalue weighted by Gasteiger charge is -2.26. The van der Waals surface area contributed by atoms with Gasteiger partial charge in [0.05, 0.1) is 25.8 Å². The molecule has 2 heterocycles. The summed E-state index contributed by atoms with van der Waals surface area (Å²) in [7, 11) is 1.66. The van der Waals surface area contributed by atoms with Crippen LogP contribution >= 0.6 is 11.6 Å². The van der Waals surface area contributed by atoms with Gasteiger partial charge < -0.3 is 9.47 Å². The van der Waals surface area contributed by atoms with Gasteiger partial charge in [-0.15, -0.1) is 0 Å². The molecule has 0 N–H and O–H groups in total. The summed E-state index contributed by atoms with van der Waals surface area (Å²) in [6.45, 7) is 4.84. The van der Waals surface area contributed by atoms with Crippen LogP contribution in [0.1, 0.15) is 12.0 Å². The first-order chi connectivity index (χ1) is 10.8. The van der Waals surface area contributed by atoms with Crippen LogP contribution < -0.4 is 4.74 Å². The molecule has 0 bridgehead atoms. The summed E-state index contributed by atoms with van der Waals surface area (Å²) in [5.41, 5.74) is 1.99. The van der Waals surface area contributed by atoms with Crippen LogP contribution in [0.5, 0.6) is 5.75 Å². The molecule has 1 fully saturated rings. The second kappa shape index (κ2) is 7.27. The average Bonchev–Trinajstić information content (AvgIpc) is 2.56. The van der Waals surface area contributed by atoms with Crippen LogP contribution in [-0.2, 0) is 11.2 Å². The third kappa shape index (κ3) is 3.69. The van der Waals surface area contributed by atoms with Gasteiger partial charge in [-0.3, -0.25) is 4.90 Å². The maximum Gasteiger partial charge on any atom is 0.132 e. The van der Waals surface area contributed by atoms with Crippen LogP contribution in [0.2, 0.25) is 5.15 Å². The monoisotopic (exact) mass is 320 g/mol. The Morgan fingerprint density at radius 1 is 1.27 bits per heavy atom. The number of rotatable bonds is 5. The van der Waals surface area contributed by atoms with Gasteiger partial charge >= 0.3 is 0 Å². The van der Waals surface area contributed by atoms with Crippen molar-refractivity contribution in [1.29, 1.82) is 0 Å². The lowest BCUT2D eigenvalue weighted by molar-refractivity contribution is 0.0374. The molecular weight excluding hydrogens is 300 g/mol. The molecule has 0 spiro atoms. The molecule has 1 aromatic carbocycles. The molecule has 2 aromatic rings. The molecule has 0 unspecified atom stereocenters. The van der Waals surface area contributed by atoms with Crippen LogP contribution in [0.25, 0.3) is 10.9 Å². The molecule has 0 atom stereocenters. The lowest BCUT2D eigenvalue weighted by atomic mass is 10.1. The van der Waals surface area contributed by atoms with Crippen molar-refractivity contribution in [1.82, 2.24) is 9.88 Å². The summed E-state index contributed by atoms with van der Waals surface area (Å²) in [5.74, 6) is 0.802. The highest BCUT2D eigenvalue weighted by atomic mass is 35.5. The van der Waals surface area contributed by atoms with Gasteiger partial charge in [0.25, 0.3) is 0 Å². The van der Waals surface area contributed by atoms with Gasteiger partial charge in [0, 0.05) is 24.5 Å². The van der Waals surface area contributed by atoms with Crippen molar-refractivity contribution >= 4 is 22.5 Å². The summed E-state index contributed by atoms with van der Waals surface area (Å²) in [5, 5.41) is 1.70. The lowest BCUT2D eigenvalue weighted by Crippen LogP contribution is -2.36. The van der Waals surface area contributed by atoms with E-state index in [1.807, 2.05) is 18.2 Å². The Morgan fingerprint density at radius 2 is 2.09 bits per heavy atom. The molecule has 0 radical (unpaired) electrons. The number of methoxy groups -OCH3 is 1. The first-order valence-electron chi connectivity index (χ1n) is 7.69. The smallest absolute Gasteiger partial charge is 0.132 e. The second-order valence-electron chi connectivity index (χ2n) is 5.55. The number of hydrogen-bond donors (Lipinski definition) is 0. The summed E-state index contributed by atoms with van der Waals surface area (Å²) >= 11 is 6.33. The maximum atomic E-state index is 6.33. The van der Waals surface area contributed by atoms with Crippen molar-refractivity contribution in [2.75, 3.05) is 40.0 Å². The van der Waals surface area contributed by atoms with E-state index in [1.54, 1.807) is 7.11 Å². The van der Waals surface area contributed by atoms with Gasteiger partial charge in [0.1, 0.15) is 10.9 Å². The molecule has 0 aliphatic carbocycles. The van der Waals surface area contributed by atoms with Crippen molar-refractivity contribution in [2.24, 2.45) is 0 Å². The Hall–Kier alpha value is -1.36. The summed E-state index contributed by atoms with van der Waals surface area (Å²) in [6.07, 6.45) is 2.04. The summed E-state index contributed by atoms with van der Waals surface area (Å²) < 4.78 is 10.6. The molecule has 5 heteroatoms. The molecule has 1 saturated heterocycles. The minimum Gasteiger partial charge on any atom is -0.497 e. The Kier molecular flexibility index (Phi) is 5.13. The fraction of sp³-hybridized carbons (Fsp3) is 0.471. The quantitative estimate of drug-likeness (QED) is 0.793. The molecule has 1 aliphatic rings. The Morgan fingerprint density at radius 3 is 2.86 bits per heavy atom. The molecule has 4 nitrogen and oxygen atoms in total. The highest BCUT2D eigenvalue weighted by Gasteiger charge is 2.11. The first kappa shape index (κ1) is 15.5. The number of fused-ring (bicyclic) bond motifs is 1. The van der Waals surface area contributed by atoms with Crippen molar-refractivity contribution in [3.05, 3.63) is 35.0 Å². The number of benzene rings is 1. The number of aryl methyl sites for hydroxylation is 1. The van der Waals surface area contributed by atoms with Gasteiger partial charge in [-0.25, -0.2) is 4.98 Å². The Labute approximate surface area is 136 Å². The fourth-order valence-corrected chi connectivity index (χ4v) is 3.03.